The zero-order chi connectivity index (χ0) is 18.4. The predicted octanol–water partition coefficient (Wildman–Crippen LogP) is 1.94. The van der Waals surface area contributed by atoms with Crippen LogP contribution in [-0.4, -0.2) is 32.2 Å². The van der Waals surface area contributed by atoms with Crippen LogP contribution in [0.2, 0.25) is 0 Å². The molecule has 0 aliphatic rings. The molecule has 0 bridgehead atoms. The van der Waals surface area contributed by atoms with Crippen LogP contribution in [0.3, 0.4) is 0 Å². The highest BCUT2D eigenvalue weighted by Crippen LogP contribution is 2.22. The summed E-state index contributed by atoms with van der Waals surface area (Å²) in [5, 5.41) is 10.3. The number of hydrogen-bond acceptors (Lipinski definition) is 5. The maximum absolute atomic E-state index is 12.6. The van der Waals surface area contributed by atoms with Crippen molar-refractivity contribution in [2.75, 3.05) is 6.61 Å². The Labute approximate surface area is 147 Å². The van der Waals surface area contributed by atoms with Gasteiger partial charge in [-0.15, -0.1) is 0 Å². The van der Waals surface area contributed by atoms with Crippen LogP contribution in [0.15, 0.2) is 59.5 Å². The number of aliphatic hydroxyl groups excluding tert-OH is 1. The average Bonchev–Trinajstić information content (AvgIpc) is 2.60. The fourth-order valence-electron chi connectivity index (χ4n) is 2.29. The zero-order valence-electron chi connectivity index (χ0n) is 14.0. The summed E-state index contributed by atoms with van der Waals surface area (Å²) in [6.07, 6.45) is -1.66. The van der Waals surface area contributed by atoms with Crippen molar-refractivity contribution < 1.29 is 23.1 Å². The van der Waals surface area contributed by atoms with Crippen molar-refractivity contribution in [3.8, 4) is 0 Å². The van der Waals surface area contributed by atoms with Crippen LogP contribution in [0.25, 0.3) is 0 Å². The summed E-state index contributed by atoms with van der Waals surface area (Å²) in [5.41, 5.74) is 1.38. The third-order valence-corrected chi connectivity index (χ3v) is 5.07. The first-order valence-electron chi connectivity index (χ1n) is 7.84. The van der Waals surface area contributed by atoms with Gasteiger partial charge in [0.05, 0.1) is 17.5 Å². The second-order valence-corrected chi connectivity index (χ2v) is 7.23. The normalized spacial score (nSPS) is 13.9. The van der Waals surface area contributed by atoms with Gasteiger partial charge in [-0.3, -0.25) is 0 Å². The van der Waals surface area contributed by atoms with E-state index >= 15 is 0 Å². The Morgan fingerprint density at radius 1 is 1.12 bits per heavy atom. The number of nitrogens with one attached hydrogen (secondary N) is 1. The Balaban J connectivity index is 2.35. The van der Waals surface area contributed by atoms with Crippen LogP contribution in [0.4, 0.5) is 0 Å². The molecule has 0 saturated carbocycles. The molecule has 7 heteroatoms. The highest BCUT2D eigenvalue weighted by molar-refractivity contribution is 7.89. The second kappa shape index (κ2) is 8.24. The van der Waals surface area contributed by atoms with Crippen LogP contribution in [-0.2, 0) is 19.6 Å². The fraction of sp³-hybridized carbons (Fsp3) is 0.278. The van der Waals surface area contributed by atoms with E-state index in [1.165, 1.54) is 12.1 Å². The van der Waals surface area contributed by atoms with Crippen molar-refractivity contribution in [2.24, 2.45) is 0 Å². The minimum Gasteiger partial charge on any atom is -0.464 e. The molecule has 2 unspecified atom stereocenters. The molecule has 6 nitrogen and oxygen atoms in total. The molecule has 2 N–H and O–H groups in total. The van der Waals surface area contributed by atoms with Crippen LogP contribution >= 0.6 is 0 Å². The Hall–Kier alpha value is -2.22. The Bertz CT molecular complexity index is 803. The van der Waals surface area contributed by atoms with E-state index in [1.807, 2.05) is 6.92 Å². The summed E-state index contributed by atoms with van der Waals surface area (Å²) < 4.78 is 32.5. The van der Waals surface area contributed by atoms with E-state index in [2.05, 4.69) is 4.72 Å². The van der Waals surface area contributed by atoms with Crippen LogP contribution in [0.5, 0.6) is 0 Å². The third-order valence-electron chi connectivity index (χ3n) is 3.62. The summed E-state index contributed by atoms with van der Waals surface area (Å²) in [6.45, 7) is 3.54. The summed E-state index contributed by atoms with van der Waals surface area (Å²) in [6, 6.07) is 13.5. The molecule has 0 spiro atoms. The van der Waals surface area contributed by atoms with Gasteiger partial charge >= 0.3 is 5.97 Å². The van der Waals surface area contributed by atoms with Crippen LogP contribution < -0.4 is 4.72 Å². The minimum absolute atomic E-state index is 0.0510. The first-order chi connectivity index (χ1) is 11.8. The number of hydrogen-bond donors (Lipinski definition) is 2. The molecule has 0 saturated heterocycles. The SMILES string of the molecule is CCOC(=O)C(O)C(NS(=O)(=O)c1ccc(C)cc1)c1ccccc1. The van der Waals surface area contributed by atoms with E-state index in [1.54, 1.807) is 49.4 Å². The molecule has 2 rings (SSSR count). The lowest BCUT2D eigenvalue weighted by Crippen LogP contribution is -2.41. The van der Waals surface area contributed by atoms with Crippen molar-refractivity contribution in [1.82, 2.24) is 4.72 Å². The average molecular weight is 363 g/mol. The first-order valence-corrected chi connectivity index (χ1v) is 9.32. The molecule has 0 radical (unpaired) electrons. The van der Waals surface area contributed by atoms with Gasteiger partial charge in [0.25, 0.3) is 0 Å². The maximum atomic E-state index is 12.6. The molecule has 25 heavy (non-hydrogen) atoms. The van der Waals surface area contributed by atoms with Crippen LogP contribution in [0.1, 0.15) is 24.1 Å². The van der Waals surface area contributed by atoms with Crippen molar-refractivity contribution in [3.63, 3.8) is 0 Å². The highest BCUT2D eigenvalue weighted by Gasteiger charge is 2.32. The van der Waals surface area contributed by atoms with E-state index in [4.69, 9.17) is 4.74 Å². The molecule has 2 aromatic rings. The third kappa shape index (κ3) is 4.88. The van der Waals surface area contributed by atoms with Crippen molar-refractivity contribution in [2.45, 2.75) is 30.9 Å². The molecule has 0 aliphatic heterocycles. The lowest BCUT2D eigenvalue weighted by molar-refractivity contribution is -0.154. The van der Waals surface area contributed by atoms with Gasteiger partial charge in [-0.05, 0) is 31.5 Å². The molecule has 0 fully saturated rings. The van der Waals surface area contributed by atoms with Gasteiger partial charge in [0, 0.05) is 0 Å². The number of carbonyl (C=O) groups excluding carboxylic acids is 1. The number of carbonyl (C=O) groups is 1. The number of sulfonamides is 1. The summed E-state index contributed by atoms with van der Waals surface area (Å²) in [5.74, 6) is -0.886. The molecular weight excluding hydrogens is 342 g/mol. The van der Waals surface area contributed by atoms with Crippen molar-refractivity contribution >= 4 is 16.0 Å². The molecule has 134 valence electrons. The Morgan fingerprint density at radius 2 is 1.72 bits per heavy atom. The Kier molecular flexibility index (Phi) is 6.30. The molecule has 0 amide bonds. The van der Waals surface area contributed by atoms with Gasteiger partial charge in [0.1, 0.15) is 0 Å². The fourth-order valence-corrected chi connectivity index (χ4v) is 3.52. The second-order valence-electron chi connectivity index (χ2n) is 5.52. The first kappa shape index (κ1) is 19.1. The van der Waals surface area contributed by atoms with E-state index < -0.39 is 28.1 Å². The van der Waals surface area contributed by atoms with Crippen molar-refractivity contribution in [1.29, 1.82) is 0 Å². The van der Waals surface area contributed by atoms with Gasteiger partial charge in [0.15, 0.2) is 6.10 Å². The van der Waals surface area contributed by atoms with Gasteiger partial charge in [0.2, 0.25) is 10.0 Å². The predicted molar refractivity (Wildman–Crippen MR) is 93.3 cm³/mol. The number of rotatable bonds is 7. The topological polar surface area (TPSA) is 92.7 Å². The molecule has 2 atom stereocenters. The smallest absolute Gasteiger partial charge is 0.336 e. The zero-order valence-corrected chi connectivity index (χ0v) is 14.9. The quantitative estimate of drug-likeness (QED) is 0.734. The lowest BCUT2D eigenvalue weighted by Gasteiger charge is -2.23. The molecule has 0 aliphatic carbocycles. The van der Waals surface area contributed by atoms with Gasteiger partial charge < -0.3 is 9.84 Å². The largest absolute Gasteiger partial charge is 0.464 e. The number of aliphatic hydroxyl groups is 1. The number of aryl methyl sites for hydroxylation is 1. The molecule has 0 heterocycles. The monoisotopic (exact) mass is 363 g/mol. The van der Waals surface area contributed by atoms with E-state index in [-0.39, 0.29) is 11.5 Å². The maximum Gasteiger partial charge on any atom is 0.336 e. The summed E-state index contributed by atoms with van der Waals surface area (Å²) in [4.78, 5) is 12.0. The summed E-state index contributed by atoms with van der Waals surface area (Å²) in [7, 11) is -3.94. The van der Waals surface area contributed by atoms with Gasteiger partial charge in [-0.2, -0.15) is 0 Å². The molecule has 2 aromatic carbocycles. The number of benzene rings is 2. The summed E-state index contributed by atoms with van der Waals surface area (Å²) >= 11 is 0. The van der Waals surface area contributed by atoms with Crippen LogP contribution in [0, 0.1) is 6.92 Å². The van der Waals surface area contributed by atoms with Gasteiger partial charge in [-0.25, -0.2) is 17.9 Å². The van der Waals surface area contributed by atoms with Crippen molar-refractivity contribution in [3.05, 3.63) is 65.7 Å². The Morgan fingerprint density at radius 3 is 2.28 bits per heavy atom. The minimum atomic E-state index is -3.94. The number of esters is 1. The molecule has 0 aromatic heterocycles. The molecular formula is C18H21NO5S. The van der Waals surface area contributed by atoms with E-state index in [0.29, 0.717) is 5.56 Å². The van der Waals surface area contributed by atoms with E-state index in [0.717, 1.165) is 5.56 Å². The van der Waals surface area contributed by atoms with E-state index in [9.17, 15) is 18.3 Å². The number of ether oxygens (including phenoxy) is 1. The highest BCUT2D eigenvalue weighted by atomic mass is 32.2. The van der Waals surface area contributed by atoms with Gasteiger partial charge in [-0.1, -0.05) is 48.0 Å². The lowest BCUT2D eigenvalue weighted by atomic mass is 10.0. The standard InChI is InChI=1S/C18H21NO5S/c1-3-24-18(21)17(20)16(14-7-5-4-6-8-14)19-25(22,23)15-11-9-13(2)10-12-15/h4-12,16-17,19-20H,3H2,1-2H3.